The molecule has 0 saturated carbocycles. The predicted octanol–water partition coefficient (Wildman–Crippen LogP) is 1.24. The zero-order valence-electron chi connectivity index (χ0n) is 6.39. The van der Waals surface area contributed by atoms with Gasteiger partial charge in [0.25, 0.3) is 0 Å². The Morgan fingerprint density at radius 2 is 2.20 bits per heavy atom. The summed E-state index contributed by atoms with van der Waals surface area (Å²) >= 11 is 0. The molecule has 0 bridgehead atoms. The van der Waals surface area contributed by atoms with E-state index in [-0.39, 0.29) is 6.04 Å². The number of alkyl halides is 1. The SMILES string of the molecule is CC.N#C[C@@H]1C[C@H](F)CN1. The lowest BCUT2D eigenvalue weighted by Gasteiger charge is -1.91. The molecule has 1 fully saturated rings. The Bertz CT molecular complexity index is 119. The molecule has 0 aromatic carbocycles. The van der Waals surface area contributed by atoms with Crippen LogP contribution >= 0.6 is 0 Å². The average Bonchev–Trinajstić information content (AvgIpc) is 2.40. The van der Waals surface area contributed by atoms with Gasteiger partial charge >= 0.3 is 0 Å². The molecule has 1 aliphatic heterocycles. The van der Waals surface area contributed by atoms with Gasteiger partial charge in [-0.15, -0.1) is 0 Å². The third kappa shape index (κ3) is 2.79. The smallest absolute Gasteiger partial charge is 0.115 e. The van der Waals surface area contributed by atoms with Crippen LogP contribution in [0.2, 0.25) is 0 Å². The van der Waals surface area contributed by atoms with Crippen LogP contribution in [0.25, 0.3) is 0 Å². The van der Waals surface area contributed by atoms with E-state index in [0.717, 1.165) is 0 Å². The summed E-state index contributed by atoms with van der Waals surface area (Å²) in [6, 6.07) is 1.70. The summed E-state index contributed by atoms with van der Waals surface area (Å²) in [7, 11) is 0. The fourth-order valence-corrected chi connectivity index (χ4v) is 0.791. The van der Waals surface area contributed by atoms with Crippen molar-refractivity contribution in [2.45, 2.75) is 32.5 Å². The average molecular weight is 144 g/mol. The number of hydrogen-bond acceptors (Lipinski definition) is 2. The van der Waals surface area contributed by atoms with Gasteiger partial charge in [-0.2, -0.15) is 5.26 Å². The number of nitrogens with one attached hydrogen (secondary N) is 1. The molecule has 0 radical (unpaired) electrons. The zero-order chi connectivity index (χ0) is 7.98. The van der Waals surface area contributed by atoms with E-state index in [1.54, 1.807) is 0 Å². The van der Waals surface area contributed by atoms with Gasteiger partial charge in [0.15, 0.2) is 0 Å². The van der Waals surface area contributed by atoms with Crippen LogP contribution in [0, 0.1) is 11.3 Å². The molecule has 1 aliphatic rings. The predicted molar refractivity (Wildman–Crippen MR) is 38.3 cm³/mol. The number of rotatable bonds is 0. The first-order valence-corrected chi connectivity index (χ1v) is 3.60. The van der Waals surface area contributed by atoms with E-state index in [1.807, 2.05) is 19.9 Å². The summed E-state index contributed by atoms with van der Waals surface area (Å²) in [6.07, 6.45) is -0.448. The van der Waals surface area contributed by atoms with E-state index in [9.17, 15) is 4.39 Å². The minimum Gasteiger partial charge on any atom is -0.299 e. The van der Waals surface area contributed by atoms with Crippen LogP contribution in [-0.2, 0) is 0 Å². The fraction of sp³-hybridized carbons (Fsp3) is 0.857. The van der Waals surface area contributed by atoms with Gasteiger partial charge in [0, 0.05) is 13.0 Å². The first-order chi connectivity index (χ1) is 4.83. The highest BCUT2D eigenvalue weighted by atomic mass is 19.1. The Morgan fingerprint density at radius 3 is 2.40 bits per heavy atom. The molecule has 0 spiro atoms. The molecule has 10 heavy (non-hydrogen) atoms. The largest absolute Gasteiger partial charge is 0.299 e. The van der Waals surface area contributed by atoms with E-state index in [1.165, 1.54) is 0 Å². The minimum absolute atomic E-state index is 0.245. The lowest BCUT2D eigenvalue weighted by Crippen LogP contribution is -2.18. The van der Waals surface area contributed by atoms with Gasteiger partial charge in [-0.25, -0.2) is 4.39 Å². The second-order valence-corrected chi connectivity index (χ2v) is 1.92. The highest BCUT2D eigenvalue weighted by molar-refractivity contribution is 4.96. The molecule has 1 saturated heterocycles. The minimum atomic E-state index is -0.806. The molecule has 0 aromatic heterocycles. The van der Waals surface area contributed by atoms with Crippen molar-refractivity contribution >= 4 is 0 Å². The van der Waals surface area contributed by atoms with Gasteiger partial charge in [0.1, 0.15) is 6.17 Å². The highest BCUT2D eigenvalue weighted by Gasteiger charge is 2.22. The first kappa shape index (κ1) is 9.38. The summed E-state index contributed by atoms with van der Waals surface area (Å²) in [6.45, 7) is 4.35. The van der Waals surface area contributed by atoms with Crippen LogP contribution in [-0.4, -0.2) is 18.8 Å². The Labute approximate surface area is 61.0 Å². The van der Waals surface area contributed by atoms with E-state index >= 15 is 0 Å². The maximum absolute atomic E-state index is 12.1. The fourth-order valence-electron chi connectivity index (χ4n) is 0.791. The molecule has 1 rings (SSSR count). The van der Waals surface area contributed by atoms with Crippen LogP contribution < -0.4 is 5.32 Å². The van der Waals surface area contributed by atoms with Gasteiger partial charge in [0.2, 0.25) is 0 Å². The summed E-state index contributed by atoms with van der Waals surface area (Å²) in [5, 5.41) is 10.9. The van der Waals surface area contributed by atoms with Crippen LogP contribution in [0.5, 0.6) is 0 Å². The number of nitriles is 1. The summed E-state index contributed by atoms with van der Waals surface area (Å²) < 4.78 is 12.1. The van der Waals surface area contributed by atoms with Crippen molar-refractivity contribution in [3.8, 4) is 6.07 Å². The van der Waals surface area contributed by atoms with E-state index in [0.29, 0.717) is 13.0 Å². The first-order valence-electron chi connectivity index (χ1n) is 3.60. The summed E-state index contributed by atoms with van der Waals surface area (Å²) in [5.74, 6) is 0. The maximum Gasteiger partial charge on any atom is 0.115 e. The second-order valence-electron chi connectivity index (χ2n) is 1.92. The topological polar surface area (TPSA) is 35.8 Å². The summed E-state index contributed by atoms with van der Waals surface area (Å²) in [4.78, 5) is 0. The standard InChI is InChI=1S/C5H7FN2.C2H6/c6-4-1-5(2-7)8-3-4;1-2/h4-5,8H,1,3H2;1-2H3/t4-,5-;/m0./s1. The monoisotopic (exact) mass is 144 g/mol. The van der Waals surface area contributed by atoms with E-state index in [2.05, 4.69) is 5.32 Å². The van der Waals surface area contributed by atoms with Crippen molar-refractivity contribution < 1.29 is 4.39 Å². The van der Waals surface area contributed by atoms with Gasteiger partial charge in [-0.3, -0.25) is 5.32 Å². The van der Waals surface area contributed by atoms with E-state index < -0.39 is 6.17 Å². The molecule has 0 amide bonds. The van der Waals surface area contributed by atoms with Gasteiger partial charge in [0.05, 0.1) is 12.1 Å². The molecule has 2 nitrogen and oxygen atoms in total. The van der Waals surface area contributed by atoms with Crippen LogP contribution in [0.3, 0.4) is 0 Å². The maximum atomic E-state index is 12.1. The Morgan fingerprint density at radius 1 is 1.60 bits per heavy atom. The normalized spacial score (nSPS) is 30.2. The Hall–Kier alpha value is -0.620. The van der Waals surface area contributed by atoms with Gasteiger partial charge in [-0.1, -0.05) is 13.8 Å². The van der Waals surface area contributed by atoms with Crippen molar-refractivity contribution in [2.75, 3.05) is 6.54 Å². The lowest BCUT2D eigenvalue weighted by atomic mass is 10.2. The lowest BCUT2D eigenvalue weighted by molar-refractivity contribution is 0.359. The third-order valence-electron chi connectivity index (χ3n) is 1.23. The number of halogens is 1. The summed E-state index contributed by atoms with van der Waals surface area (Å²) in [5.41, 5.74) is 0. The number of nitrogens with zero attached hydrogens (tertiary/aromatic N) is 1. The second kappa shape index (κ2) is 5.19. The van der Waals surface area contributed by atoms with Crippen molar-refractivity contribution in [2.24, 2.45) is 0 Å². The molecule has 58 valence electrons. The molecular weight excluding hydrogens is 131 g/mol. The van der Waals surface area contributed by atoms with Crippen molar-refractivity contribution in [1.82, 2.24) is 5.32 Å². The third-order valence-corrected chi connectivity index (χ3v) is 1.23. The van der Waals surface area contributed by atoms with Crippen LogP contribution in [0.15, 0.2) is 0 Å². The van der Waals surface area contributed by atoms with Crippen molar-refractivity contribution in [3.63, 3.8) is 0 Å². The Kier molecular flexibility index (Phi) is 4.87. The number of hydrogen-bond donors (Lipinski definition) is 1. The van der Waals surface area contributed by atoms with Gasteiger partial charge < -0.3 is 0 Å². The molecular formula is C7H13FN2. The van der Waals surface area contributed by atoms with Crippen LogP contribution in [0.4, 0.5) is 4.39 Å². The molecule has 0 unspecified atom stereocenters. The van der Waals surface area contributed by atoms with Crippen molar-refractivity contribution in [3.05, 3.63) is 0 Å². The molecule has 0 aliphatic carbocycles. The van der Waals surface area contributed by atoms with Gasteiger partial charge in [-0.05, 0) is 0 Å². The van der Waals surface area contributed by atoms with Crippen molar-refractivity contribution in [1.29, 1.82) is 5.26 Å². The quantitative estimate of drug-likeness (QED) is 0.555. The molecule has 1 heterocycles. The molecule has 0 aromatic rings. The highest BCUT2D eigenvalue weighted by Crippen LogP contribution is 2.07. The molecule has 2 atom stereocenters. The Balaban J connectivity index is 0.000000371. The zero-order valence-corrected chi connectivity index (χ0v) is 6.39. The van der Waals surface area contributed by atoms with E-state index in [4.69, 9.17) is 5.26 Å². The van der Waals surface area contributed by atoms with Crippen LogP contribution in [0.1, 0.15) is 20.3 Å². The molecule has 3 heteroatoms. The molecule has 1 N–H and O–H groups in total.